The number of carbonyl (C=O) groups excluding carboxylic acids is 1. The van der Waals surface area contributed by atoms with Crippen LogP contribution in [0.2, 0.25) is 0 Å². The monoisotopic (exact) mass is 195 g/mol. The fourth-order valence-electron chi connectivity index (χ4n) is 1.83. The molecule has 1 unspecified atom stereocenters. The molecule has 1 aromatic heterocycles. The highest BCUT2D eigenvalue weighted by Gasteiger charge is 2.30. The molecular formula is C9H13N3O2. The normalized spacial score (nSPS) is 20.3. The molecule has 0 amide bonds. The van der Waals surface area contributed by atoms with E-state index in [-0.39, 0.29) is 11.9 Å². The third-order valence-corrected chi connectivity index (χ3v) is 2.47. The highest BCUT2D eigenvalue weighted by Crippen LogP contribution is 2.26. The van der Waals surface area contributed by atoms with Crippen LogP contribution in [-0.2, 0) is 16.1 Å². The molecule has 0 N–H and O–H groups in total. The van der Waals surface area contributed by atoms with Crippen molar-refractivity contribution in [2.75, 3.05) is 7.11 Å². The first kappa shape index (κ1) is 9.18. The Morgan fingerprint density at radius 2 is 2.43 bits per heavy atom. The fraction of sp³-hybridized carbons (Fsp3) is 0.667. The van der Waals surface area contributed by atoms with Gasteiger partial charge in [-0.1, -0.05) is 0 Å². The summed E-state index contributed by atoms with van der Waals surface area (Å²) in [5, 5.41) is 4.22. The van der Waals surface area contributed by atoms with Gasteiger partial charge in [-0.2, -0.15) is 5.10 Å². The summed E-state index contributed by atoms with van der Waals surface area (Å²) in [5.41, 5.74) is 0. The molecule has 0 saturated heterocycles. The average molecular weight is 195 g/mol. The van der Waals surface area contributed by atoms with Gasteiger partial charge in [0.15, 0.2) is 0 Å². The van der Waals surface area contributed by atoms with Gasteiger partial charge in [0.05, 0.1) is 7.11 Å². The summed E-state index contributed by atoms with van der Waals surface area (Å²) in [7, 11) is 1.41. The van der Waals surface area contributed by atoms with E-state index in [1.54, 1.807) is 4.68 Å². The highest BCUT2D eigenvalue weighted by molar-refractivity contribution is 5.77. The van der Waals surface area contributed by atoms with E-state index >= 15 is 0 Å². The molecule has 1 aliphatic rings. The minimum absolute atomic E-state index is 0.210. The van der Waals surface area contributed by atoms with Gasteiger partial charge < -0.3 is 4.74 Å². The van der Waals surface area contributed by atoms with Crippen LogP contribution < -0.4 is 0 Å². The first-order valence-electron chi connectivity index (χ1n) is 4.71. The molecule has 0 spiro atoms. The minimum atomic E-state index is -0.227. The number of aryl methyl sites for hydroxylation is 2. The zero-order valence-electron chi connectivity index (χ0n) is 8.36. The zero-order valence-corrected chi connectivity index (χ0v) is 8.36. The molecule has 1 atom stereocenters. The van der Waals surface area contributed by atoms with Crippen LogP contribution in [0.5, 0.6) is 0 Å². The van der Waals surface area contributed by atoms with Crippen LogP contribution in [0.4, 0.5) is 0 Å². The molecule has 2 heterocycles. The topological polar surface area (TPSA) is 57.0 Å². The third-order valence-electron chi connectivity index (χ3n) is 2.47. The Morgan fingerprint density at radius 3 is 3.14 bits per heavy atom. The van der Waals surface area contributed by atoms with Gasteiger partial charge >= 0.3 is 5.97 Å². The lowest BCUT2D eigenvalue weighted by molar-refractivity contribution is -0.143. The lowest BCUT2D eigenvalue weighted by Gasteiger charge is -2.19. The largest absolute Gasteiger partial charge is 0.468 e. The average Bonchev–Trinajstić information content (AvgIpc) is 2.56. The first-order valence-corrected chi connectivity index (χ1v) is 4.71. The summed E-state index contributed by atoms with van der Waals surface area (Å²) in [6.07, 6.45) is 1.76. The third kappa shape index (κ3) is 1.38. The van der Waals surface area contributed by atoms with Gasteiger partial charge in [0.1, 0.15) is 17.6 Å². The van der Waals surface area contributed by atoms with E-state index in [0.29, 0.717) is 0 Å². The molecule has 1 aliphatic heterocycles. The summed E-state index contributed by atoms with van der Waals surface area (Å²) in [4.78, 5) is 15.7. The quantitative estimate of drug-likeness (QED) is 0.617. The number of hydrogen-bond acceptors (Lipinski definition) is 4. The summed E-state index contributed by atoms with van der Waals surface area (Å²) in [5.74, 6) is 1.03. The number of methoxy groups -OCH3 is 1. The van der Waals surface area contributed by atoms with Gasteiger partial charge in [-0.05, 0) is 19.8 Å². The second kappa shape index (κ2) is 3.40. The maximum Gasteiger partial charge on any atom is 0.316 e. The van der Waals surface area contributed by atoms with Gasteiger partial charge in [0.25, 0.3) is 0 Å². The Labute approximate surface area is 82.1 Å². The first-order chi connectivity index (χ1) is 6.72. The molecule has 14 heavy (non-hydrogen) atoms. The summed E-state index contributed by atoms with van der Waals surface area (Å²) >= 11 is 0. The number of hydrogen-bond donors (Lipinski definition) is 0. The van der Waals surface area contributed by atoms with Crippen molar-refractivity contribution in [3.63, 3.8) is 0 Å². The summed E-state index contributed by atoms with van der Waals surface area (Å²) in [6.45, 7) is 2.68. The molecule has 0 fully saturated rings. The molecule has 5 nitrogen and oxygen atoms in total. The molecule has 0 saturated carbocycles. The van der Waals surface area contributed by atoms with Crippen LogP contribution in [0.25, 0.3) is 0 Å². The Balaban J connectivity index is 2.34. The van der Waals surface area contributed by atoms with E-state index in [4.69, 9.17) is 4.74 Å². The molecule has 0 aromatic carbocycles. The maximum absolute atomic E-state index is 11.4. The highest BCUT2D eigenvalue weighted by atomic mass is 16.5. The van der Waals surface area contributed by atoms with Crippen LogP contribution >= 0.6 is 0 Å². The molecule has 1 aromatic rings. The van der Waals surface area contributed by atoms with E-state index in [9.17, 15) is 4.79 Å². The molecule has 0 bridgehead atoms. The summed E-state index contributed by atoms with van der Waals surface area (Å²) < 4.78 is 6.54. The van der Waals surface area contributed by atoms with E-state index in [0.717, 1.165) is 31.0 Å². The second-order valence-electron chi connectivity index (χ2n) is 3.46. The summed E-state index contributed by atoms with van der Waals surface area (Å²) in [6, 6.07) is 0. The standard InChI is InChI=1S/C9H13N3O2/c1-6-10-8-7(9(13)14-2)4-3-5-12(8)11-6/h7H,3-5H2,1-2H3. The predicted octanol–water partition coefficient (Wildman–Crippen LogP) is 0.637. The van der Waals surface area contributed by atoms with Crippen LogP contribution in [0.1, 0.15) is 30.4 Å². The Morgan fingerprint density at radius 1 is 1.64 bits per heavy atom. The number of esters is 1. The molecule has 76 valence electrons. The van der Waals surface area contributed by atoms with Gasteiger partial charge in [0, 0.05) is 6.54 Å². The van der Waals surface area contributed by atoms with Crippen molar-refractivity contribution < 1.29 is 9.53 Å². The molecule has 0 aliphatic carbocycles. The number of carbonyl (C=O) groups is 1. The van der Waals surface area contributed by atoms with Gasteiger partial charge in [-0.25, -0.2) is 9.67 Å². The van der Waals surface area contributed by atoms with Crippen molar-refractivity contribution in [3.05, 3.63) is 11.6 Å². The van der Waals surface area contributed by atoms with Crippen LogP contribution in [0.3, 0.4) is 0 Å². The van der Waals surface area contributed by atoms with E-state index < -0.39 is 0 Å². The van der Waals surface area contributed by atoms with Crippen LogP contribution in [0, 0.1) is 6.92 Å². The predicted molar refractivity (Wildman–Crippen MR) is 48.8 cm³/mol. The number of nitrogens with zero attached hydrogens (tertiary/aromatic N) is 3. The Bertz CT molecular complexity index is 359. The van der Waals surface area contributed by atoms with Crippen LogP contribution in [0.15, 0.2) is 0 Å². The smallest absolute Gasteiger partial charge is 0.316 e. The fourth-order valence-corrected chi connectivity index (χ4v) is 1.83. The zero-order chi connectivity index (χ0) is 10.1. The van der Waals surface area contributed by atoms with Crippen molar-refractivity contribution in [2.24, 2.45) is 0 Å². The number of ether oxygens (including phenoxy) is 1. The van der Waals surface area contributed by atoms with E-state index in [2.05, 4.69) is 10.1 Å². The van der Waals surface area contributed by atoms with Gasteiger partial charge in [0.2, 0.25) is 0 Å². The van der Waals surface area contributed by atoms with E-state index in [1.807, 2.05) is 6.92 Å². The van der Waals surface area contributed by atoms with Crippen molar-refractivity contribution in [1.29, 1.82) is 0 Å². The molecule has 0 radical (unpaired) electrons. The molecule has 2 rings (SSSR count). The maximum atomic E-state index is 11.4. The van der Waals surface area contributed by atoms with Crippen molar-refractivity contribution >= 4 is 5.97 Å². The SMILES string of the molecule is COC(=O)C1CCCn2nc(C)nc21. The number of rotatable bonds is 1. The molecular weight excluding hydrogens is 182 g/mol. The van der Waals surface area contributed by atoms with Crippen molar-refractivity contribution in [3.8, 4) is 0 Å². The van der Waals surface area contributed by atoms with Crippen molar-refractivity contribution in [2.45, 2.75) is 32.2 Å². The minimum Gasteiger partial charge on any atom is -0.468 e. The number of fused-ring (bicyclic) bond motifs is 1. The van der Waals surface area contributed by atoms with Crippen LogP contribution in [-0.4, -0.2) is 27.8 Å². The second-order valence-corrected chi connectivity index (χ2v) is 3.46. The number of aromatic nitrogens is 3. The van der Waals surface area contributed by atoms with E-state index in [1.165, 1.54) is 7.11 Å². The molecule has 5 heteroatoms. The Hall–Kier alpha value is -1.39. The van der Waals surface area contributed by atoms with Gasteiger partial charge in [-0.3, -0.25) is 4.79 Å². The Kier molecular flexibility index (Phi) is 2.23. The lowest BCUT2D eigenvalue weighted by atomic mass is 9.99. The lowest BCUT2D eigenvalue weighted by Crippen LogP contribution is -2.24. The van der Waals surface area contributed by atoms with Crippen molar-refractivity contribution in [1.82, 2.24) is 14.8 Å². The van der Waals surface area contributed by atoms with Gasteiger partial charge in [-0.15, -0.1) is 0 Å².